The predicted octanol–water partition coefficient (Wildman–Crippen LogP) is 21.3. The first-order valence-corrected chi connectivity index (χ1v) is 26.4. The zero-order chi connectivity index (χ0) is 50.8. The molecule has 3 nitrogen and oxygen atoms in total. The molecular formula is C74H48N2O. The van der Waals surface area contributed by atoms with Gasteiger partial charge in [0.15, 0.2) is 0 Å². The Morgan fingerprint density at radius 3 is 1.32 bits per heavy atom. The van der Waals surface area contributed by atoms with E-state index in [2.05, 4.69) is 295 Å². The smallest absolute Gasteiger partial charge is 0.143 e. The van der Waals surface area contributed by atoms with Crippen LogP contribution in [-0.4, -0.2) is 0 Å². The summed E-state index contributed by atoms with van der Waals surface area (Å²) < 4.78 is 6.55. The van der Waals surface area contributed by atoms with E-state index in [0.29, 0.717) is 0 Å². The highest BCUT2D eigenvalue weighted by atomic mass is 16.3. The minimum atomic E-state index is 0.904. The summed E-state index contributed by atoms with van der Waals surface area (Å²) in [5.74, 6) is 0. The van der Waals surface area contributed by atoms with Crippen molar-refractivity contribution in [3.05, 3.63) is 291 Å². The number of furan rings is 1. The van der Waals surface area contributed by atoms with Gasteiger partial charge in [-0.25, -0.2) is 0 Å². The molecule has 1 heterocycles. The monoisotopic (exact) mass is 980 g/mol. The van der Waals surface area contributed by atoms with Crippen molar-refractivity contribution in [3.63, 3.8) is 0 Å². The lowest BCUT2D eigenvalue weighted by Gasteiger charge is -2.27. The van der Waals surface area contributed by atoms with Crippen molar-refractivity contribution in [1.29, 1.82) is 0 Å². The van der Waals surface area contributed by atoms with Gasteiger partial charge in [-0.15, -0.1) is 0 Å². The number of nitrogens with zero attached hydrogens (tertiary/aromatic N) is 2. The average Bonchev–Trinajstić information content (AvgIpc) is 4.01. The highest BCUT2D eigenvalue weighted by Gasteiger charge is 2.20. The number of benzene rings is 14. The Hall–Kier alpha value is -10.2. The van der Waals surface area contributed by atoms with Gasteiger partial charge < -0.3 is 14.2 Å². The van der Waals surface area contributed by atoms with Gasteiger partial charge in [0.1, 0.15) is 11.2 Å². The number of hydrogen-bond acceptors (Lipinski definition) is 3. The van der Waals surface area contributed by atoms with Crippen LogP contribution in [0, 0.1) is 0 Å². The van der Waals surface area contributed by atoms with E-state index in [1.165, 1.54) is 59.4 Å². The van der Waals surface area contributed by atoms with Crippen LogP contribution >= 0.6 is 0 Å². The van der Waals surface area contributed by atoms with Crippen molar-refractivity contribution in [2.45, 2.75) is 0 Å². The normalized spacial score (nSPS) is 11.6. The molecule has 77 heavy (non-hydrogen) atoms. The summed E-state index contributed by atoms with van der Waals surface area (Å²) in [6.45, 7) is 0. The Labute approximate surface area is 446 Å². The zero-order valence-corrected chi connectivity index (χ0v) is 42.0. The Balaban J connectivity index is 0.822. The molecule has 360 valence electrons. The maximum atomic E-state index is 6.55. The third kappa shape index (κ3) is 7.51. The van der Waals surface area contributed by atoms with Gasteiger partial charge in [0.25, 0.3) is 0 Å². The van der Waals surface area contributed by atoms with E-state index < -0.39 is 0 Å². The van der Waals surface area contributed by atoms with Crippen LogP contribution in [0.4, 0.5) is 34.1 Å². The maximum Gasteiger partial charge on any atom is 0.143 e. The minimum Gasteiger partial charge on any atom is -0.455 e. The molecule has 0 aliphatic carbocycles. The second kappa shape index (κ2) is 18.3. The van der Waals surface area contributed by atoms with Gasteiger partial charge in [-0.2, -0.15) is 0 Å². The summed E-state index contributed by atoms with van der Waals surface area (Å²) in [6, 6.07) is 106. The van der Waals surface area contributed by atoms with Crippen LogP contribution in [0.2, 0.25) is 0 Å². The first kappa shape index (κ1) is 44.3. The van der Waals surface area contributed by atoms with E-state index in [0.717, 1.165) is 83.9 Å². The van der Waals surface area contributed by atoms with Crippen LogP contribution in [0.1, 0.15) is 0 Å². The van der Waals surface area contributed by atoms with Crippen LogP contribution in [-0.2, 0) is 0 Å². The van der Waals surface area contributed by atoms with Crippen molar-refractivity contribution >= 4 is 110 Å². The van der Waals surface area contributed by atoms with Crippen molar-refractivity contribution in [1.82, 2.24) is 0 Å². The van der Waals surface area contributed by atoms with Gasteiger partial charge in [-0.05, 0) is 149 Å². The quantitative estimate of drug-likeness (QED) is 0.134. The summed E-state index contributed by atoms with van der Waals surface area (Å²) in [5.41, 5.74) is 15.3. The second-order valence-corrected chi connectivity index (χ2v) is 20.0. The lowest BCUT2D eigenvalue weighted by atomic mass is 9.91. The number of rotatable bonds is 9. The number of fused-ring (bicyclic) bond motifs is 11. The van der Waals surface area contributed by atoms with Gasteiger partial charge in [0, 0.05) is 50.2 Å². The molecular weight excluding hydrogens is 933 g/mol. The van der Waals surface area contributed by atoms with Gasteiger partial charge in [-0.3, -0.25) is 0 Å². The van der Waals surface area contributed by atoms with Crippen LogP contribution in [0.25, 0.3) is 109 Å². The van der Waals surface area contributed by atoms with E-state index in [4.69, 9.17) is 4.42 Å². The summed E-state index contributed by atoms with van der Waals surface area (Å²) in [5, 5.41) is 14.6. The molecule has 0 radical (unpaired) electrons. The molecule has 0 saturated heterocycles. The van der Waals surface area contributed by atoms with E-state index in [-0.39, 0.29) is 0 Å². The lowest BCUT2D eigenvalue weighted by molar-refractivity contribution is 0.670. The molecule has 0 saturated carbocycles. The predicted molar refractivity (Wildman–Crippen MR) is 327 cm³/mol. The number of anilines is 6. The van der Waals surface area contributed by atoms with Crippen molar-refractivity contribution < 1.29 is 4.42 Å². The van der Waals surface area contributed by atoms with Crippen molar-refractivity contribution in [2.75, 3.05) is 9.80 Å². The number of para-hydroxylation sites is 3. The molecule has 0 N–H and O–H groups in total. The molecule has 1 aromatic heterocycles. The Kier molecular flexibility index (Phi) is 10.5. The molecule has 0 amide bonds. The van der Waals surface area contributed by atoms with E-state index in [1.54, 1.807) is 0 Å². The summed E-state index contributed by atoms with van der Waals surface area (Å²) in [7, 11) is 0. The standard InChI is InChI=1S/C74H48N2O/c1-2-18-53(19-3-1)76(72-30-14-17-51-16-4-5-20-59(51)72)56-40-34-50(35-41-56)49-32-38-54(39-33-49)75(57-44-45-67-64-25-9-8-23-62(64)63-24-10-11-26-65(63)71(67)48-57)55-42-36-52(37-43-55)58-46-47-66(61-22-7-6-21-60(58)61)69-28-15-29-70-68-27-12-13-31-73(68)77-74(69)70/h1-48H. The zero-order valence-electron chi connectivity index (χ0n) is 42.0. The first-order valence-electron chi connectivity index (χ1n) is 26.4. The maximum absolute atomic E-state index is 6.55. The highest BCUT2D eigenvalue weighted by Crippen LogP contribution is 2.45. The molecule has 0 atom stereocenters. The Morgan fingerprint density at radius 2 is 0.662 bits per heavy atom. The molecule has 0 bridgehead atoms. The third-order valence-corrected chi connectivity index (χ3v) is 15.6. The first-order chi connectivity index (χ1) is 38.2. The molecule has 3 heteroatoms. The molecule has 0 aliphatic rings. The van der Waals surface area contributed by atoms with E-state index in [9.17, 15) is 0 Å². The topological polar surface area (TPSA) is 19.6 Å². The van der Waals surface area contributed by atoms with Gasteiger partial charge in [-0.1, -0.05) is 218 Å². The van der Waals surface area contributed by atoms with Gasteiger partial charge >= 0.3 is 0 Å². The third-order valence-electron chi connectivity index (χ3n) is 15.6. The van der Waals surface area contributed by atoms with Gasteiger partial charge in [0.2, 0.25) is 0 Å². The van der Waals surface area contributed by atoms with Crippen LogP contribution in [0.3, 0.4) is 0 Å². The number of hydrogen-bond donors (Lipinski definition) is 0. The molecule has 14 aromatic carbocycles. The second-order valence-electron chi connectivity index (χ2n) is 20.0. The van der Waals surface area contributed by atoms with E-state index in [1.807, 2.05) is 6.07 Å². The molecule has 15 rings (SSSR count). The van der Waals surface area contributed by atoms with Gasteiger partial charge in [0.05, 0.1) is 5.69 Å². The minimum absolute atomic E-state index is 0.904. The fourth-order valence-electron chi connectivity index (χ4n) is 12.0. The average molecular weight is 981 g/mol. The largest absolute Gasteiger partial charge is 0.455 e. The molecule has 0 fully saturated rings. The Bertz CT molecular complexity index is 4690. The van der Waals surface area contributed by atoms with Crippen LogP contribution < -0.4 is 9.80 Å². The van der Waals surface area contributed by atoms with Crippen molar-refractivity contribution in [3.8, 4) is 33.4 Å². The molecule has 0 spiro atoms. The van der Waals surface area contributed by atoms with Crippen LogP contribution in [0.5, 0.6) is 0 Å². The lowest BCUT2D eigenvalue weighted by Crippen LogP contribution is -2.10. The SMILES string of the molecule is c1ccc(N(c2ccc(-c3ccc(N(c4ccc(-c5ccc(-c6cccc7c6oc6ccccc67)c6ccccc56)cc4)c4ccc5c6ccccc6c6ccccc6c5c4)cc3)cc2)c2cccc3ccccc23)cc1. The van der Waals surface area contributed by atoms with Crippen LogP contribution in [0.15, 0.2) is 296 Å². The fourth-order valence-corrected chi connectivity index (χ4v) is 12.0. The molecule has 0 aliphatic heterocycles. The summed E-state index contributed by atoms with van der Waals surface area (Å²) in [4.78, 5) is 4.76. The van der Waals surface area contributed by atoms with E-state index >= 15 is 0 Å². The molecule has 0 unspecified atom stereocenters. The fraction of sp³-hybridized carbons (Fsp3) is 0. The summed E-state index contributed by atoms with van der Waals surface area (Å²) >= 11 is 0. The Morgan fingerprint density at radius 1 is 0.221 bits per heavy atom. The van der Waals surface area contributed by atoms with Crippen molar-refractivity contribution in [2.24, 2.45) is 0 Å². The molecule has 15 aromatic rings. The highest BCUT2D eigenvalue weighted by molar-refractivity contribution is 6.26. The summed E-state index contributed by atoms with van der Waals surface area (Å²) in [6.07, 6.45) is 0.